The summed E-state index contributed by atoms with van der Waals surface area (Å²) in [7, 11) is 1.92. The first-order valence-corrected chi connectivity index (χ1v) is 8.34. The number of ether oxygens (including phenoxy) is 1. The second kappa shape index (κ2) is 6.21. The van der Waals surface area contributed by atoms with Crippen molar-refractivity contribution in [3.05, 3.63) is 0 Å². The second-order valence-corrected chi connectivity index (χ2v) is 7.81. The molecule has 5 heteroatoms. The highest BCUT2D eigenvalue weighted by atomic mass is 32.1. The van der Waals surface area contributed by atoms with Gasteiger partial charge in [0.15, 0.2) is 0 Å². The van der Waals surface area contributed by atoms with Crippen molar-refractivity contribution >= 4 is 23.1 Å². The Balaban J connectivity index is 2.08. The lowest BCUT2D eigenvalue weighted by Crippen LogP contribution is -2.55. The number of carbonyl (C=O) groups excluding carboxylic acids is 1. The first kappa shape index (κ1) is 16.7. The van der Waals surface area contributed by atoms with Crippen molar-refractivity contribution in [3.63, 3.8) is 0 Å². The van der Waals surface area contributed by atoms with E-state index in [1.54, 1.807) is 0 Å². The number of carbonyl (C=O) groups is 1. The molecular weight excluding hydrogens is 284 g/mol. The summed E-state index contributed by atoms with van der Waals surface area (Å²) in [5.74, 6) is 0.100. The third-order valence-electron chi connectivity index (χ3n) is 5.40. The summed E-state index contributed by atoms with van der Waals surface area (Å²) in [6.45, 7) is 5.74. The van der Waals surface area contributed by atoms with Crippen LogP contribution in [0.2, 0.25) is 0 Å². The van der Waals surface area contributed by atoms with Crippen LogP contribution in [0.5, 0.6) is 0 Å². The van der Waals surface area contributed by atoms with Gasteiger partial charge in [-0.3, -0.25) is 4.79 Å². The number of thiocarbonyl (C=S) groups is 1. The zero-order valence-corrected chi connectivity index (χ0v) is 14.3. The van der Waals surface area contributed by atoms with Gasteiger partial charge >= 0.3 is 0 Å². The Morgan fingerprint density at radius 3 is 2.19 bits per heavy atom. The lowest BCUT2D eigenvalue weighted by atomic mass is 9.74. The number of hydrogen-bond acceptors (Lipinski definition) is 3. The number of nitrogens with zero attached hydrogens (tertiary/aromatic N) is 1. The Morgan fingerprint density at radius 1 is 1.19 bits per heavy atom. The van der Waals surface area contributed by atoms with Crippen LogP contribution < -0.4 is 5.73 Å². The van der Waals surface area contributed by atoms with Gasteiger partial charge in [-0.05, 0) is 43.9 Å². The lowest BCUT2D eigenvalue weighted by molar-refractivity contribution is -0.144. The molecule has 21 heavy (non-hydrogen) atoms. The molecule has 0 unspecified atom stereocenters. The summed E-state index contributed by atoms with van der Waals surface area (Å²) in [5.41, 5.74) is 5.66. The fourth-order valence-corrected chi connectivity index (χ4v) is 3.85. The minimum atomic E-state index is -0.685. The van der Waals surface area contributed by atoms with Gasteiger partial charge in [-0.1, -0.05) is 26.1 Å². The zero-order chi connectivity index (χ0) is 15.7. The van der Waals surface area contributed by atoms with Crippen molar-refractivity contribution < 1.29 is 9.53 Å². The first-order chi connectivity index (χ1) is 9.78. The van der Waals surface area contributed by atoms with Crippen LogP contribution in [0.15, 0.2) is 0 Å². The molecular formula is C16H28N2O2S. The van der Waals surface area contributed by atoms with Crippen LogP contribution in [0.1, 0.15) is 52.4 Å². The van der Waals surface area contributed by atoms with Gasteiger partial charge in [-0.15, -0.1) is 0 Å². The molecule has 0 bridgehead atoms. The number of rotatable bonds is 3. The van der Waals surface area contributed by atoms with Crippen LogP contribution >= 0.6 is 12.2 Å². The maximum Gasteiger partial charge on any atom is 0.235 e. The van der Waals surface area contributed by atoms with E-state index in [2.05, 4.69) is 13.8 Å². The maximum atomic E-state index is 13.0. The van der Waals surface area contributed by atoms with Crippen molar-refractivity contribution in [1.82, 2.24) is 4.90 Å². The molecule has 0 aromatic carbocycles. The van der Waals surface area contributed by atoms with Crippen molar-refractivity contribution in [2.45, 2.75) is 58.4 Å². The molecule has 1 aliphatic carbocycles. The monoisotopic (exact) mass is 312 g/mol. The van der Waals surface area contributed by atoms with E-state index in [0.717, 1.165) is 12.8 Å². The van der Waals surface area contributed by atoms with E-state index in [9.17, 15) is 4.79 Å². The van der Waals surface area contributed by atoms with E-state index >= 15 is 0 Å². The molecule has 0 spiro atoms. The Hall–Kier alpha value is -0.680. The molecule has 0 aromatic heterocycles. The number of hydrogen-bond donors (Lipinski definition) is 1. The summed E-state index contributed by atoms with van der Waals surface area (Å²) in [5, 5.41) is 0. The minimum Gasteiger partial charge on any atom is -0.392 e. The first-order valence-electron chi connectivity index (χ1n) is 7.93. The molecule has 1 aliphatic heterocycles. The lowest BCUT2D eigenvalue weighted by Gasteiger charge is -2.43. The summed E-state index contributed by atoms with van der Waals surface area (Å²) in [6, 6.07) is 0.319. The van der Waals surface area contributed by atoms with E-state index in [0.29, 0.717) is 42.5 Å². The van der Waals surface area contributed by atoms with Crippen molar-refractivity contribution in [1.29, 1.82) is 0 Å². The Labute approximate surface area is 133 Å². The molecule has 0 radical (unpaired) electrons. The molecule has 2 aliphatic rings. The predicted octanol–water partition coefficient (Wildman–Crippen LogP) is 2.50. The molecule has 2 N–H and O–H groups in total. The van der Waals surface area contributed by atoms with E-state index in [1.165, 1.54) is 12.8 Å². The highest BCUT2D eigenvalue weighted by Crippen LogP contribution is 2.39. The van der Waals surface area contributed by atoms with Crippen LogP contribution in [0.3, 0.4) is 0 Å². The van der Waals surface area contributed by atoms with Crippen molar-refractivity contribution in [3.8, 4) is 0 Å². The summed E-state index contributed by atoms with van der Waals surface area (Å²) < 4.78 is 5.39. The van der Waals surface area contributed by atoms with Gasteiger partial charge in [-0.2, -0.15) is 0 Å². The van der Waals surface area contributed by atoms with Crippen molar-refractivity contribution in [2.75, 3.05) is 20.3 Å². The third-order valence-corrected chi connectivity index (χ3v) is 5.79. The minimum absolute atomic E-state index is 0.100. The van der Waals surface area contributed by atoms with Crippen LogP contribution in [0.25, 0.3) is 0 Å². The largest absolute Gasteiger partial charge is 0.392 e. The van der Waals surface area contributed by atoms with E-state index < -0.39 is 5.41 Å². The zero-order valence-electron chi connectivity index (χ0n) is 13.5. The number of amides is 1. The van der Waals surface area contributed by atoms with Gasteiger partial charge < -0.3 is 15.4 Å². The van der Waals surface area contributed by atoms with Crippen LogP contribution in [0, 0.1) is 10.8 Å². The van der Waals surface area contributed by atoms with Crippen molar-refractivity contribution in [2.24, 2.45) is 16.6 Å². The van der Waals surface area contributed by atoms with Crippen LogP contribution in [-0.4, -0.2) is 42.1 Å². The molecule has 2 rings (SSSR count). The van der Waals surface area contributed by atoms with Crippen LogP contribution in [-0.2, 0) is 9.53 Å². The van der Waals surface area contributed by atoms with Gasteiger partial charge in [0.2, 0.25) is 5.91 Å². The van der Waals surface area contributed by atoms with Gasteiger partial charge in [0.1, 0.15) is 5.41 Å². The second-order valence-electron chi connectivity index (χ2n) is 7.37. The summed E-state index contributed by atoms with van der Waals surface area (Å²) >= 11 is 5.24. The molecule has 1 amide bonds. The Morgan fingerprint density at radius 2 is 1.71 bits per heavy atom. The molecule has 1 heterocycles. The fraction of sp³-hybridized carbons (Fsp3) is 0.875. The summed E-state index contributed by atoms with van der Waals surface area (Å²) in [6.07, 6.45) is 5.70. The van der Waals surface area contributed by atoms with Gasteiger partial charge in [0.25, 0.3) is 0 Å². The Kier molecular flexibility index (Phi) is 4.93. The molecule has 1 saturated carbocycles. The normalized spacial score (nSPS) is 25.3. The molecule has 0 aromatic rings. The van der Waals surface area contributed by atoms with Crippen LogP contribution in [0.4, 0.5) is 0 Å². The Bertz CT molecular complexity index is 407. The third kappa shape index (κ3) is 3.39. The van der Waals surface area contributed by atoms with Gasteiger partial charge in [0.05, 0.1) is 4.99 Å². The van der Waals surface area contributed by atoms with Gasteiger partial charge in [0, 0.05) is 26.3 Å². The molecule has 1 saturated heterocycles. The molecule has 4 nitrogen and oxygen atoms in total. The number of nitrogens with two attached hydrogens (primary N) is 1. The molecule has 120 valence electrons. The highest BCUT2D eigenvalue weighted by Gasteiger charge is 2.46. The smallest absolute Gasteiger partial charge is 0.235 e. The van der Waals surface area contributed by atoms with E-state index in [1.807, 2.05) is 11.9 Å². The quantitative estimate of drug-likeness (QED) is 0.814. The highest BCUT2D eigenvalue weighted by molar-refractivity contribution is 7.80. The van der Waals surface area contributed by atoms with E-state index in [4.69, 9.17) is 22.7 Å². The topological polar surface area (TPSA) is 55.6 Å². The summed E-state index contributed by atoms with van der Waals surface area (Å²) in [4.78, 5) is 15.3. The average molecular weight is 312 g/mol. The molecule has 0 atom stereocenters. The molecule has 2 fully saturated rings. The average Bonchev–Trinajstić information content (AvgIpc) is 2.46. The maximum absolute atomic E-state index is 13.0. The standard InChI is InChI=1S/C16H28N2O2S/c1-15(2)6-4-12(5-7-15)18(3)14(19)16(13(17)21)8-10-20-11-9-16/h12H,4-11H2,1-3H3,(H2,17,21). The fourth-order valence-electron chi connectivity index (χ4n) is 3.56. The SMILES string of the molecule is CN(C(=O)C1(C(N)=S)CCOCC1)C1CCC(C)(C)CC1. The van der Waals surface area contributed by atoms with Gasteiger partial charge in [-0.25, -0.2) is 0 Å². The predicted molar refractivity (Wildman–Crippen MR) is 88.1 cm³/mol. The van der Waals surface area contributed by atoms with E-state index in [-0.39, 0.29) is 5.91 Å².